The summed E-state index contributed by atoms with van der Waals surface area (Å²) in [5.74, 6) is 0.588. The van der Waals surface area contributed by atoms with E-state index in [9.17, 15) is 0 Å². The Morgan fingerprint density at radius 1 is 1.45 bits per heavy atom. The number of pyridine rings is 1. The molecule has 2 aromatic rings. The van der Waals surface area contributed by atoms with Crippen LogP contribution in [0, 0.1) is 0 Å². The Hall–Kier alpha value is -1.31. The average molecular weight is 341 g/mol. The molecule has 0 aromatic carbocycles. The minimum Gasteiger partial charge on any atom is -0.486 e. The second-order valence-corrected chi connectivity index (χ2v) is 12.6. The lowest BCUT2D eigenvalue weighted by molar-refractivity contribution is 0.0895. The highest BCUT2D eigenvalue weighted by Gasteiger charge is 2.21. The molecule has 120 valence electrons. The lowest BCUT2D eigenvalue weighted by Gasteiger charge is -2.20. The quantitative estimate of drug-likeness (QED) is 0.514. The van der Waals surface area contributed by atoms with Crippen molar-refractivity contribution >= 4 is 36.5 Å². The number of halogens is 1. The Labute approximate surface area is 135 Å². The van der Waals surface area contributed by atoms with E-state index in [-0.39, 0.29) is 0 Å². The van der Waals surface area contributed by atoms with Crippen LogP contribution in [0.2, 0.25) is 30.8 Å². The number of aromatic nitrogens is 3. The van der Waals surface area contributed by atoms with Gasteiger partial charge >= 0.3 is 0 Å². The summed E-state index contributed by atoms with van der Waals surface area (Å²) in [6.45, 7) is 9.52. The summed E-state index contributed by atoms with van der Waals surface area (Å²) in [5, 5.41) is 3.65. The van der Waals surface area contributed by atoms with E-state index in [1.165, 1.54) is 0 Å². The first-order valence-corrected chi connectivity index (χ1v) is 11.5. The molecule has 0 amide bonds. The highest BCUT2D eigenvalue weighted by atomic mass is 35.5. The van der Waals surface area contributed by atoms with Gasteiger partial charge in [0.05, 0.1) is 6.33 Å². The number of ether oxygens (including phenoxy) is 2. The third-order valence-corrected chi connectivity index (χ3v) is 5.50. The van der Waals surface area contributed by atoms with Crippen LogP contribution in [-0.4, -0.2) is 42.4 Å². The first-order chi connectivity index (χ1) is 10.5. The maximum Gasteiger partial charge on any atom is 0.182 e. The molecule has 22 heavy (non-hydrogen) atoms. The van der Waals surface area contributed by atoms with Gasteiger partial charge in [0, 0.05) is 21.2 Å². The number of fused-ring (bicyclic) bond motifs is 3. The highest BCUT2D eigenvalue weighted by Crippen LogP contribution is 2.38. The highest BCUT2D eigenvalue weighted by molar-refractivity contribution is 6.76. The molecule has 0 unspecified atom stereocenters. The van der Waals surface area contributed by atoms with E-state index >= 15 is 0 Å². The molecule has 8 heteroatoms. The smallest absolute Gasteiger partial charge is 0.182 e. The molecule has 0 spiro atoms. The third-order valence-electron chi connectivity index (χ3n) is 3.54. The van der Waals surface area contributed by atoms with Gasteiger partial charge in [0.15, 0.2) is 16.5 Å². The van der Waals surface area contributed by atoms with Gasteiger partial charge in [0.25, 0.3) is 0 Å². The van der Waals surface area contributed by atoms with Crippen LogP contribution in [0.5, 0.6) is 5.75 Å². The third kappa shape index (κ3) is 3.21. The monoisotopic (exact) mass is 340 g/mol. The second kappa shape index (κ2) is 6.06. The van der Waals surface area contributed by atoms with E-state index in [0.29, 0.717) is 24.2 Å². The summed E-state index contributed by atoms with van der Waals surface area (Å²) < 4.78 is 13.2. The van der Waals surface area contributed by atoms with Crippen molar-refractivity contribution in [2.75, 3.05) is 25.1 Å². The summed E-state index contributed by atoms with van der Waals surface area (Å²) in [4.78, 5) is 8.83. The van der Waals surface area contributed by atoms with Crippen LogP contribution in [0.15, 0.2) is 6.33 Å². The second-order valence-electron chi connectivity index (χ2n) is 6.62. The molecule has 3 rings (SSSR count). The molecule has 0 saturated carbocycles. The molecular formula is C14H21ClN4O2Si. The van der Waals surface area contributed by atoms with Gasteiger partial charge in [-0.3, -0.25) is 4.57 Å². The summed E-state index contributed by atoms with van der Waals surface area (Å²) in [7, 11) is -1.07. The normalized spacial score (nSPS) is 14.5. The zero-order chi connectivity index (χ0) is 15.7. The predicted octanol–water partition coefficient (Wildman–Crippen LogP) is 3.20. The Bertz CT molecular complexity index is 684. The van der Waals surface area contributed by atoms with Crippen LogP contribution in [0.4, 0.5) is 5.69 Å². The number of hydrogen-bond donors (Lipinski definition) is 1. The number of nitrogens with zero attached hydrogens (tertiary/aromatic N) is 3. The van der Waals surface area contributed by atoms with E-state index in [0.717, 1.165) is 36.0 Å². The van der Waals surface area contributed by atoms with Crippen LogP contribution in [-0.2, 0) is 11.5 Å². The van der Waals surface area contributed by atoms with Crippen molar-refractivity contribution in [1.82, 2.24) is 14.5 Å². The molecule has 0 atom stereocenters. The fourth-order valence-electron chi connectivity index (χ4n) is 2.28. The Kier molecular flexibility index (Phi) is 4.29. The molecule has 2 aromatic heterocycles. The van der Waals surface area contributed by atoms with Crippen LogP contribution in [0.3, 0.4) is 0 Å². The molecule has 3 heterocycles. The van der Waals surface area contributed by atoms with Crippen LogP contribution in [0.25, 0.3) is 11.2 Å². The van der Waals surface area contributed by atoms with Gasteiger partial charge in [-0.25, -0.2) is 9.97 Å². The van der Waals surface area contributed by atoms with Gasteiger partial charge in [-0.1, -0.05) is 31.2 Å². The first-order valence-electron chi connectivity index (χ1n) is 7.44. The maximum absolute atomic E-state index is 6.22. The van der Waals surface area contributed by atoms with Crippen molar-refractivity contribution in [2.45, 2.75) is 32.4 Å². The molecule has 0 saturated heterocycles. The summed E-state index contributed by atoms with van der Waals surface area (Å²) in [6, 6.07) is 1.14. The number of rotatable bonds is 5. The Morgan fingerprint density at radius 2 is 2.27 bits per heavy atom. The van der Waals surface area contributed by atoms with Gasteiger partial charge in [-0.05, 0) is 6.04 Å². The van der Waals surface area contributed by atoms with Crippen LogP contribution < -0.4 is 10.1 Å². The molecule has 1 N–H and O–H groups in total. The number of hydrogen-bond acceptors (Lipinski definition) is 5. The molecule has 0 aliphatic carbocycles. The van der Waals surface area contributed by atoms with Crippen molar-refractivity contribution in [2.24, 2.45) is 0 Å². The first kappa shape index (κ1) is 15.6. The Morgan fingerprint density at radius 3 is 3.05 bits per heavy atom. The topological polar surface area (TPSA) is 61.2 Å². The summed E-state index contributed by atoms with van der Waals surface area (Å²) in [6.07, 6.45) is 1.74. The maximum atomic E-state index is 6.22. The van der Waals surface area contributed by atoms with Gasteiger partial charge in [0.1, 0.15) is 24.5 Å². The van der Waals surface area contributed by atoms with Gasteiger partial charge < -0.3 is 14.8 Å². The van der Waals surface area contributed by atoms with E-state index in [1.54, 1.807) is 6.33 Å². The molecule has 1 aliphatic heterocycles. The fraction of sp³-hybridized carbons (Fsp3) is 0.571. The van der Waals surface area contributed by atoms with Crippen LogP contribution >= 0.6 is 11.6 Å². The van der Waals surface area contributed by atoms with Crippen molar-refractivity contribution in [3.63, 3.8) is 0 Å². The minimum absolute atomic E-state index is 0.360. The standard InChI is InChI=1S/C14H21ClN4O2Si/c1-22(2,3)7-6-20-9-19-8-17-11-10-12(21-5-4-16-10)13(15)18-14(11)19/h8,16H,4-7,9H2,1-3H3. The zero-order valence-electron chi connectivity index (χ0n) is 13.1. The van der Waals surface area contributed by atoms with E-state index in [4.69, 9.17) is 21.1 Å². The summed E-state index contributed by atoms with van der Waals surface area (Å²) >= 11 is 6.22. The van der Waals surface area contributed by atoms with Crippen molar-refractivity contribution in [3.05, 3.63) is 11.5 Å². The molecule has 6 nitrogen and oxygen atoms in total. The predicted molar refractivity (Wildman–Crippen MR) is 90.6 cm³/mol. The van der Waals surface area contributed by atoms with E-state index in [1.807, 2.05) is 4.57 Å². The minimum atomic E-state index is -1.07. The molecule has 0 bridgehead atoms. The fourth-order valence-corrected chi connectivity index (χ4v) is 3.27. The van der Waals surface area contributed by atoms with E-state index in [2.05, 4.69) is 34.9 Å². The van der Waals surface area contributed by atoms with Crippen LogP contribution in [0.1, 0.15) is 0 Å². The molecule has 0 radical (unpaired) electrons. The van der Waals surface area contributed by atoms with Crippen molar-refractivity contribution in [1.29, 1.82) is 0 Å². The number of nitrogens with one attached hydrogen (secondary N) is 1. The SMILES string of the molecule is C[Si](C)(C)CCOCn1cnc2c3c(c(Cl)nc21)OCCN3. The van der Waals surface area contributed by atoms with E-state index < -0.39 is 8.07 Å². The van der Waals surface area contributed by atoms with Crippen molar-refractivity contribution < 1.29 is 9.47 Å². The van der Waals surface area contributed by atoms with Crippen molar-refractivity contribution in [3.8, 4) is 5.75 Å². The lowest BCUT2D eigenvalue weighted by atomic mass is 10.3. The van der Waals surface area contributed by atoms with Gasteiger partial charge in [0.2, 0.25) is 0 Å². The van der Waals surface area contributed by atoms with Gasteiger partial charge in [-0.15, -0.1) is 0 Å². The number of anilines is 1. The Balaban J connectivity index is 1.79. The molecular weight excluding hydrogens is 320 g/mol. The average Bonchev–Trinajstić information content (AvgIpc) is 2.86. The molecule has 1 aliphatic rings. The largest absolute Gasteiger partial charge is 0.486 e. The lowest BCUT2D eigenvalue weighted by Crippen LogP contribution is -2.22. The van der Waals surface area contributed by atoms with Gasteiger partial charge in [-0.2, -0.15) is 0 Å². The zero-order valence-corrected chi connectivity index (χ0v) is 14.9. The number of imidazole rings is 1. The summed E-state index contributed by atoms with van der Waals surface area (Å²) in [5.41, 5.74) is 2.31. The molecule has 0 fully saturated rings.